The Bertz CT molecular complexity index is 865. The highest BCUT2D eigenvalue weighted by molar-refractivity contribution is 6.03. The zero-order valence-electron chi connectivity index (χ0n) is 13.8. The van der Waals surface area contributed by atoms with E-state index in [1.54, 1.807) is 0 Å². The fourth-order valence-corrected chi connectivity index (χ4v) is 2.70. The first-order valence-electron chi connectivity index (χ1n) is 7.95. The van der Waals surface area contributed by atoms with Gasteiger partial charge in [-0.25, -0.2) is 0 Å². The van der Waals surface area contributed by atoms with Crippen molar-refractivity contribution in [1.29, 1.82) is 0 Å². The summed E-state index contributed by atoms with van der Waals surface area (Å²) in [6.07, 6.45) is 1.93. The molecule has 0 radical (unpaired) electrons. The van der Waals surface area contributed by atoms with Crippen LogP contribution in [0.4, 0.5) is 5.69 Å². The molecule has 0 saturated carbocycles. The molecule has 0 unspecified atom stereocenters. The summed E-state index contributed by atoms with van der Waals surface area (Å²) >= 11 is 0. The van der Waals surface area contributed by atoms with Crippen LogP contribution in [0.1, 0.15) is 23.6 Å². The fourth-order valence-electron chi connectivity index (χ4n) is 2.70. The van der Waals surface area contributed by atoms with Crippen molar-refractivity contribution in [3.63, 3.8) is 0 Å². The van der Waals surface area contributed by atoms with Crippen LogP contribution in [0.25, 0.3) is 10.8 Å². The van der Waals surface area contributed by atoms with Gasteiger partial charge in [0.1, 0.15) is 5.75 Å². The van der Waals surface area contributed by atoms with E-state index in [9.17, 15) is 0 Å². The Morgan fingerprint density at radius 1 is 0.957 bits per heavy atom. The number of benzene rings is 3. The Hall–Kier alpha value is -2.61. The molecule has 0 amide bonds. The first-order chi connectivity index (χ1) is 11.2. The lowest BCUT2D eigenvalue weighted by Crippen LogP contribution is -1.97. The molecule has 3 rings (SSSR count). The van der Waals surface area contributed by atoms with Crippen molar-refractivity contribution in [2.24, 2.45) is 4.99 Å². The van der Waals surface area contributed by atoms with Crippen molar-refractivity contribution >= 4 is 22.7 Å². The first-order valence-corrected chi connectivity index (χ1v) is 7.95. The molecule has 0 spiro atoms. The summed E-state index contributed by atoms with van der Waals surface area (Å²) in [6.45, 7) is 6.86. The van der Waals surface area contributed by atoms with Gasteiger partial charge in [-0.3, -0.25) is 4.99 Å². The predicted molar refractivity (Wildman–Crippen MR) is 98.3 cm³/mol. The van der Waals surface area contributed by atoms with E-state index in [-0.39, 0.29) is 0 Å². The Morgan fingerprint density at radius 2 is 1.78 bits per heavy atom. The number of aryl methyl sites for hydroxylation is 1. The highest BCUT2D eigenvalue weighted by Crippen LogP contribution is 2.28. The highest BCUT2D eigenvalue weighted by Gasteiger charge is 2.07. The summed E-state index contributed by atoms with van der Waals surface area (Å²) in [5.41, 5.74) is 4.50. The first kappa shape index (κ1) is 15.3. The Kier molecular flexibility index (Phi) is 4.42. The van der Waals surface area contributed by atoms with Crippen LogP contribution in [0.5, 0.6) is 5.75 Å². The number of aliphatic imine (C=N–C) groups is 1. The third kappa shape index (κ3) is 3.11. The topological polar surface area (TPSA) is 21.6 Å². The number of fused-ring (bicyclic) bond motifs is 1. The van der Waals surface area contributed by atoms with Crippen LogP contribution in [0.15, 0.2) is 59.6 Å². The molecular formula is C21H21NO. The molecule has 0 aliphatic rings. The van der Waals surface area contributed by atoms with E-state index in [1.807, 2.05) is 43.5 Å². The van der Waals surface area contributed by atoms with Gasteiger partial charge in [0.15, 0.2) is 0 Å². The van der Waals surface area contributed by atoms with Crippen molar-refractivity contribution in [3.05, 3.63) is 71.3 Å². The molecule has 0 aromatic heterocycles. The summed E-state index contributed by atoms with van der Waals surface area (Å²) in [5, 5.41) is 2.35. The molecule has 2 nitrogen and oxygen atoms in total. The normalized spacial score (nSPS) is 11.3. The summed E-state index contributed by atoms with van der Waals surface area (Å²) in [6, 6.07) is 18.6. The van der Waals surface area contributed by atoms with Gasteiger partial charge in [0.2, 0.25) is 0 Å². The van der Waals surface area contributed by atoms with Gasteiger partial charge in [-0.2, -0.15) is 0 Å². The zero-order valence-corrected chi connectivity index (χ0v) is 13.8. The molecule has 3 aromatic carbocycles. The van der Waals surface area contributed by atoms with Crippen molar-refractivity contribution in [2.45, 2.75) is 20.8 Å². The number of hydrogen-bond donors (Lipinski definition) is 0. The number of ether oxygens (including phenoxy) is 1. The molecule has 0 atom stereocenters. The molecule has 0 fully saturated rings. The second-order valence-electron chi connectivity index (χ2n) is 5.61. The Morgan fingerprint density at radius 3 is 2.61 bits per heavy atom. The molecule has 0 saturated heterocycles. The van der Waals surface area contributed by atoms with Gasteiger partial charge in [0, 0.05) is 11.8 Å². The summed E-state index contributed by atoms with van der Waals surface area (Å²) in [7, 11) is 0. The highest BCUT2D eigenvalue weighted by atomic mass is 16.5. The standard InChI is InChI=1S/C21H21NO/c1-4-23-21-13-12-17-9-5-6-10-18(17)19(21)14-22-20-11-7-8-15(2)16(20)3/h5-14H,4H2,1-3H3/b22-14+. The predicted octanol–water partition coefficient (Wildman–Crippen LogP) is 5.61. The second kappa shape index (κ2) is 6.66. The quantitative estimate of drug-likeness (QED) is 0.574. The van der Waals surface area contributed by atoms with E-state index in [1.165, 1.54) is 16.5 Å². The van der Waals surface area contributed by atoms with Gasteiger partial charge in [0.05, 0.1) is 12.3 Å². The van der Waals surface area contributed by atoms with Gasteiger partial charge in [-0.15, -0.1) is 0 Å². The Balaban J connectivity index is 2.12. The number of nitrogens with zero attached hydrogens (tertiary/aromatic N) is 1. The third-order valence-corrected chi connectivity index (χ3v) is 4.14. The fraction of sp³-hybridized carbons (Fsp3) is 0.190. The summed E-state index contributed by atoms with van der Waals surface area (Å²) < 4.78 is 5.80. The molecular weight excluding hydrogens is 282 g/mol. The SMILES string of the molecule is CCOc1ccc2ccccc2c1/C=N/c1cccc(C)c1C. The van der Waals surface area contributed by atoms with Gasteiger partial charge in [0.25, 0.3) is 0 Å². The lowest BCUT2D eigenvalue weighted by Gasteiger charge is -2.10. The maximum atomic E-state index is 5.80. The number of hydrogen-bond acceptors (Lipinski definition) is 2. The largest absolute Gasteiger partial charge is 0.493 e. The van der Waals surface area contributed by atoms with Crippen LogP contribution in [0.2, 0.25) is 0 Å². The lowest BCUT2D eigenvalue weighted by molar-refractivity contribution is 0.340. The van der Waals surface area contributed by atoms with Crippen LogP contribution < -0.4 is 4.74 Å². The van der Waals surface area contributed by atoms with Crippen LogP contribution in [0, 0.1) is 13.8 Å². The minimum Gasteiger partial charge on any atom is -0.493 e. The molecule has 23 heavy (non-hydrogen) atoms. The van der Waals surface area contributed by atoms with Crippen LogP contribution >= 0.6 is 0 Å². The third-order valence-electron chi connectivity index (χ3n) is 4.14. The molecule has 0 aliphatic carbocycles. The molecule has 2 heteroatoms. The van der Waals surface area contributed by atoms with Crippen LogP contribution in [-0.2, 0) is 0 Å². The van der Waals surface area contributed by atoms with Crippen LogP contribution in [-0.4, -0.2) is 12.8 Å². The van der Waals surface area contributed by atoms with Crippen molar-refractivity contribution in [2.75, 3.05) is 6.61 Å². The lowest BCUT2D eigenvalue weighted by atomic mass is 10.0. The summed E-state index contributed by atoms with van der Waals surface area (Å²) in [4.78, 5) is 4.72. The average Bonchev–Trinajstić information content (AvgIpc) is 2.57. The zero-order chi connectivity index (χ0) is 16.2. The maximum absolute atomic E-state index is 5.80. The van der Waals surface area contributed by atoms with Gasteiger partial charge < -0.3 is 4.74 Å². The van der Waals surface area contributed by atoms with E-state index in [4.69, 9.17) is 9.73 Å². The molecule has 116 valence electrons. The van der Waals surface area contributed by atoms with E-state index >= 15 is 0 Å². The molecule has 3 aromatic rings. The Labute approximate surface area is 137 Å². The smallest absolute Gasteiger partial charge is 0.128 e. The van der Waals surface area contributed by atoms with Crippen molar-refractivity contribution < 1.29 is 4.74 Å². The molecule has 0 N–H and O–H groups in total. The van der Waals surface area contributed by atoms with E-state index in [0.29, 0.717) is 6.61 Å². The minimum atomic E-state index is 0.642. The van der Waals surface area contributed by atoms with E-state index in [2.05, 4.69) is 38.1 Å². The minimum absolute atomic E-state index is 0.642. The molecule has 0 heterocycles. The number of rotatable bonds is 4. The molecule has 0 bridgehead atoms. The van der Waals surface area contributed by atoms with Gasteiger partial charge in [-0.1, -0.05) is 42.5 Å². The molecule has 0 aliphatic heterocycles. The van der Waals surface area contributed by atoms with E-state index in [0.717, 1.165) is 22.4 Å². The van der Waals surface area contributed by atoms with Crippen molar-refractivity contribution in [1.82, 2.24) is 0 Å². The average molecular weight is 303 g/mol. The maximum Gasteiger partial charge on any atom is 0.128 e. The van der Waals surface area contributed by atoms with Crippen molar-refractivity contribution in [3.8, 4) is 5.75 Å². The summed E-state index contributed by atoms with van der Waals surface area (Å²) in [5.74, 6) is 0.875. The second-order valence-corrected chi connectivity index (χ2v) is 5.61. The van der Waals surface area contributed by atoms with Gasteiger partial charge >= 0.3 is 0 Å². The van der Waals surface area contributed by atoms with Gasteiger partial charge in [-0.05, 0) is 54.8 Å². The van der Waals surface area contributed by atoms with Crippen LogP contribution in [0.3, 0.4) is 0 Å². The van der Waals surface area contributed by atoms with E-state index < -0.39 is 0 Å². The monoisotopic (exact) mass is 303 g/mol.